The molecule has 0 aromatic carbocycles. The molecule has 90 valence electrons. The first kappa shape index (κ1) is 13.3. The number of esters is 1. The van der Waals surface area contributed by atoms with Gasteiger partial charge in [0, 0.05) is 11.8 Å². The van der Waals surface area contributed by atoms with E-state index in [4.69, 9.17) is 16.9 Å². The van der Waals surface area contributed by atoms with Gasteiger partial charge in [0.2, 0.25) is 0 Å². The zero-order valence-electron chi connectivity index (χ0n) is 8.71. The van der Waals surface area contributed by atoms with Crippen LogP contribution in [0.25, 0.3) is 0 Å². The summed E-state index contributed by atoms with van der Waals surface area (Å²) in [6.45, 7) is 0. The van der Waals surface area contributed by atoms with E-state index in [1.807, 2.05) is 0 Å². The van der Waals surface area contributed by atoms with Crippen LogP contribution in [0, 0.1) is 11.3 Å². The quantitative estimate of drug-likeness (QED) is 0.618. The fraction of sp³-hybridized carbons (Fsp3) is 0.300. The van der Waals surface area contributed by atoms with Crippen molar-refractivity contribution in [2.24, 2.45) is 0 Å². The molecule has 0 fully saturated rings. The van der Waals surface area contributed by atoms with Gasteiger partial charge in [0.15, 0.2) is 0 Å². The number of ether oxygens (including phenoxy) is 1. The maximum absolute atomic E-state index is 12.7. The highest BCUT2D eigenvalue weighted by Gasteiger charge is 2.22. The molecule has 0 amide bonds. The molecule has 0 saturated heterocycles. The Morgan fingerprint density at radius 3 is 2.82 bits per heavy atom. The lowest BCUT2D eigenvalue weighted by atomic mass is 10.0. The molecule has 0 aliphatic heterocycles. The molecule has 0 saturated carbocycles. The molecule has 1 aromatic heterocycles. The summed E-state index contributed by atoms with van der Waals surface area (Å²) < 4.78 is 29.7. The molecule has 0 N–H and O–H groups in total. The highest BCUT2D eigenvalue weighted by atomic mass is 35.5. The monoisotopic (exact) mass is 260 g/mol. The number of halogens is 3. The molecule has 0 radical (unpaired) electrons. The lowest BCUT2D eigenvalue weighted by molar-refractivity contribution is -0.139. The van der Waals surface area contributed by atoms with Crippen molar-refractivity contribution in [1.29, 1.82) is 5.26 Å². The molecular formula is C10H7ClF2N2O2. The highest BCUT2D eigenvalue weighted by Crippen LogP contribution is 2.28. The van der Waals surface area contributed by atoms with Crippen molar-refractivity contribution in [1.82, 2.24) is 4.98 Å². The number of carbonyl (C=O) groups excluding carboxylic acids is 1. The van der Waals surface area contributed by atoms with Gasteiger partial charge in [0.1, 0.15) is 11.2 Å². The second-order valence-corrected chi connectivity index (χ2v) is 3.38. The first-order valence-corrected chi connectivity index (χ1v) is 4.81. The molecule has 1 aromatic rings. The van der Waals surface area contributed by atoms with Crippen LogP contribution in [-0.4, -0.2) is 18.1 Å². The summed E-state index contributed by atoms with van der Waals surface area (Å²) in [6, 6.07) is 1.65. The van der Waals surface area contributed by atoms with Crippen LogP contribution in [0.4, 0.5) is 8.78 Å². The largest absolute Gasteiger partial charge is 0.469 e. The third-order valence-electron chi connectivity index (χ3n) is 2.07. The predicted octanol–water partition coefficient (Wildman–Crippen LogP) is 2.26. The zero-order valence-corrected chi connectivity index (χ0v) is 9.46. The highest BCUT2D eigenvalue weighted by molar-refractivity contribution is 6.30. The van der Waals surface area contributed by atoms with Gasteiger partial charge in [0.25, 0.3) is 6.43 Å². The number of nitrogens with zero attached hydrogens (tertiary/aromatic N) is 2. The lowest BCUT2D eigenvalue weighted by Crippen LogP contribution is -2.10. The zero-order chi connectivity index (χ0) is 13.0. The molecule has 0 aliphatic rings. The molecule has 0 bridgehead atoms. The van der Waals surface area contributed by atoms with Crippen LogP contribution in [0.15, 0.2) is 6.20 Å². The van der Waals surface area contributed by atoms with Crippen molar-refractivity contribution in [3.63, 3.8) is 0 Å². The third-order valence-corrected chi connectivity index (χ3v) is 2.36. The standard InChI is InChI=1S/C10H7ClF2N2O2/c1-17-8(16)2-5-6(3-14)9(11)15-4-7(5)10(12)13/h4,10H,2H2,1H3. The third kappa shape index (κ3) is 2.88. The van der Waals surface area contributed by atoms with Gasteiger partial charge in [-0.05, 0) is 5.56 Å². The topological polar surface area (TPSA) is 63.0 Å². The Kier molecular flexibility index (Phi) is 4.35. The number of nitriles is 1. The average molecular weight is 261 g/mol. The Labute approximate surface area is 101 Å². The second kappa shape index (κ2) is 5.55. The predicted molar refractivity (Wildman–Crippen MR) is 54.6 cm³/mol. The van der Waals surface area contributed by atoms with Crippen molar-refractivity contribution in [3.8, 4) is 6.07 Å². The molecule has 17 heavy (non-hydrogen) atoms. The van der Waals surface area contributed by atoms with Gasteiger partial charge in [-0.15, -0.1) is 0 Å². The van der Waals surface area contributed by atoms with Crippen molar-refractivity contribution >= 4 is 17.6 Å². The van der Waals surface area contributed by atoms with Crippen molar-refractivity contribution < 1.29 is 18.3 Å². The Morgan fingerprint density at radius 1 is 1.71 bits per heavy atom. The van der Waals surface area contributed by atoms with Crippen molar-refractivity contribution in [2.75, 3.05) is 7.11 Å². The lowest BCUT2D eigenvalue weighted by Gasteiger charge is -2.10. The molecular weight excluding hydrogens is 254 g/mol. The first-order valence-electron chi connectivity index (χ1n) is 4.43. The van der Waals surface area contributed by atoms with E-state index in [9.17, 15) is 13.6 Å². The van der Waals surface area contributed by atoms with E-state index in [1.54, 1.807) is 6.07 Å². The number of hydrogen-bond donors (Lipinski definition) is 0. The minimum atomic E-state index is -2.84. The normalized spacial score (nSPS) is 10.1. The second-order valence-electron chi connectivity index (χ2n) is 3.02. The summed E-state index contributed by atoms with van der Waals surface area (Å²) >= 11 is 5.60. The van der Waals surface area contributed by atoms with Crippen LogP contribution in [0.1, 0.15) is 23.1 Å². The van der Waals surface area contributed by atoms with Crippen LogP contribution < -0.4 is 0 Å². The number of hydrogen-bond acceptors (Lipinski definition) is 4. The summed E-state index contributed by atoms with van der Waals surface area (Å²) in [4.78, 5) is 14.6. The van der Waals surface area contributed by atoms with E-state index in [1.165, 1.54) is 0 Å². The average Bonchev–Trinajstić information content (AvgIpc) is 2.28. The Bertz CT molecular complexity index is 486. The molecule has 1 rings (SSSR count). The number of pyridine rings is 1. The van der Waals surface area contributed by atoms with Gasteiger partial charge in [-0.3, -0.25) is 4.79 Å². The minimum absolute atomic E-state index is 0.144. The molecule has 4 nitrogen and oxygen atoms in total. The van der Waals surface area contributed by atoms with Gasteiger partial charge in [-0.25, -0.2) is 13.8 Å². The summed E-state index contributed by atoms with van der Waals surface area (Å²) in [7, 11) is 1.12. The van der Waals surface area contributed by atoms with Crippen LogP contribution in [-0.2, 0) is 16.0 Å². The SMILES string of the molecule is COC(=O)Cc1c(C(F)F)cnc(Cl)c1C#N. The van der Waals surface area contributed by atoms with Crippen LogP contribution in [0.3, 0.4) is 0 Å². The fourth-order valence-corrected chi connectivity index (χ4v) is 1.45. The summed E-state index contributed by atoms with van der Waals surface area (Å²) in [5, 5.41) is 8.61. The van der Waals surface area contributed by atoms with E-state index in [0.29, 0.717) is 0 Å². The number of methoxy groups -OCH3 is 1. The Balaban J connectivity index is 3.35. The molecule has 0 spiro atoms. The van der Waals surface area contributed by atoms with E-state index in [0.717, 1.165) is 13.3 Å². The molecule has 0 unspecified atom stereocenters. The van der Waals surface area contributed by atoms with E-state index in [-0.39, 0.29) is 16.3 Å². The van der Waals surface area contributed by atoms with E-state index >= 15 is 0 Å². The Morgan fingerprint density at radius 2 is 2.35 bits per heavy atom. The number of rotatable bonds is 3. The summed E-state index contributed by atoms with van der Waals surface area (Å²) in [5.74, 6) is -0.731. The van der Waals surface area contributed by atoms with Gasteiger partial charge >= 0.3 is 5.97 Å². The van der Waals surface area contributed by atoms with Gasteiger partial charge in [-0.1, -0.05) is 11.6 Å². The van der Waals surface area contributed by atoms with E-state index in [2.05, 4.69) is 9.72 Å². The van der Waals surface area contributed by atoms with Crippen molar-refractivity contribution in [2.45, 2.75) is 12.8 Å². The summed E-state index contributed by atoms with van der Waals surface area (Å²) in [6.07, 6.45) is -2.43. The Hall–Kier alpha value is -1.74. The maximum atomic E-state index is 12.7. The van der Waals surface area contributed by atoms with Gasteiger partial charge < -0.3 is 4.74 Å². The fourth-order valence-electron chi connectivity index (χ4n) is 1.25. The number of alkyl halides is 2. The molecule has 0 aliphatic carbocycles. The van der Waals surface area contributed by atoms with Crippen LogP contribution >= 0.6 is 11.6 Å². The summed E-state index contributed by atoms with van der Waals surface area (Å²) in [5.41, 5.74) is -0.861. The minimum Gasteiger partial charge on any atom is -0.469 e. The van der Waals surface area contributed by atoms with Gasteiger partial charge in [0.05, 0.1) is 19.1 Å². The van der Waals surface area contributed by atoms with Crippen molar-refractivity contribution in [3.05, 3.63) is 28.0 Å². The van der Waals surface area contributed by atoms with E-state index < -0.39 is 24.4 Å². The molecule has 1 heterocycles. The maximum Gasteiger partial charge on any atom is 0.310 e. The van der Waals surface area contributed by atoms with Crippen LogP contribution in [0.5, 0.6) is 0 Å². The first-order chi connectivity index (χ1) is 8.01. The van der Waals surface area contributed by atoms with Crippen LogP contribution in [0.2, 0.25) is 5.15 Å². The smallest absolute Gasteiger partial charge is 0.310 e. The number of carbonyl (C=O) groups is 1. The number of aromatic nitrogens is 1. The molecule has 7 heteroatoms. The van der Waals surface area contributed by atoms with Gasteiger partial charge in [-0.2, -0.15) is 5.26 Å². The molecule has 0 atom stereocenters.